The lowest BCUT2D eigenvalue weighted by molar-refractivity contribution is -0.317. The van der Waals surface area contributed by atoms with Crippen molar-refractivity contribution in [3.63, 3.8) is 0 Å². The Hall–Kier alpha value is -3.63. The number of rotatable bonds is 16. The Balaban J connectivity index is 1.46. The van der Waals surface area contributed by atoms with Gasteiger partial charge in [-0.25, -0.2) is 4.79 Å². The van der Waals surface area contributed by atoms with Crippen molar-refractivity contribution in [1.29, 1.82) is 0 Å². The smallest absolute Gasteiger partial charge is 0.338 e. The molecule has 47 heavy (non-hydrogen) atoms. The minimum atomic E-state index is -1.43. The zero-order valence-electron chi connectivity index (χ0n) is 27.5. The zero-order chi connectivity index (χ0) is 32.9. The SMILES string of the molecule is C[Si](C)(C)CCO[C@@H]1OC(COCc2ccccc2)[C@@H](OCc2ccccc2)C(OCc2ccccc2)C1OC(=O)c1ccccc1. The van der Waals surface area contributed by atoms with Crippen LogP contribution in [0.15, 0.2) is 121 Å². The van der Waals surface area contributed by atoms with Crippen LogP contribution in [0.25, 0.3) is 0 Å². The molecular weight excluding hydrogens is 609 g/mol. The summed E-state index contributed by atoms with van der Waals surface area (Å²) < 4.78 is 38.9. The molecule has 7 nitrogen and oxygen atoms in total. The summed E-state index contributed by atoms with van der Waals surface area (Å²) in [6, 6.07) is 39.8. The molecule has 0 bridgehead atoms. The summed E-state index contributed by atoms with van der Waals surface area (Å²) in [4.78, 5) is 13.6. The predicted molar refractivity (Wildman–Crippen MR) is 185 cm³/mol. The lowest BCUT2D eigenvalue weighted by Gasteiger charge is -2.45. The zero-order valence-corrected chi connectivity index (χ0v) is 28.5. The van der Waals surface area contributed by atoms with Crippen LogP contribution < -0.4 is 0 Å². The van der Waals surface area contributed by atoms with Gasteiger partial charge in [0.05, 0.1) is 32.0 Å². The average Bonchev–Trinajstić information content (AvgIpc) is 3.09. The fourth-order valence-corrected chi connectivity index (χ4v) is 6.04. The van der Waals surface area contributed by atoms with Crippen molar-refractivity contribution >= 4 is 14.0 Å². The number of carbonyl (C=O) groups is 1. The van der Waals surface area contributed by atoms with Crippen LogP contribution in [0.1, 0.15) is 27.0 Å². The Morgan fingerprint density at radius 1 is 0.617 bits per heavy atom. The first-order valence-corrected chi connectivity index (χ1v) is 20.0. The molecule has 0 aliphatic carbocycles. The topological polar surface area (TPSA) is 72.5 Å². The predicted octanol–water partition coefficient (Wildman–Crippen LogP) is 7.68. The molecule has 0 saturated carbocycles. The highest BCUT2D eigenvalue weighted by Gasteiger charge is 2.50. The van der Waals surface area contributed by atoms with Crippen LogP contribution in [0.3, 0.4) is 0 Å². The Morgan fingerprint density at radius 2 is 1.11 bits per heavy atom. The van der Waals surface area contributed by atoms with Crippen LogP contribution in [-0.4, -0.2) is 58.0 Å². The van der Waals surface area contributed by atoms with Crippen LogP contribution in [0.4, 0.5) is 0 Å². The summed E-state index contributed by atoms with van der Waals surface area (Å²) in [6.45, 7) is 8.60. The molecule has 1 saturated heterocycles. The van der Waals surface area contributed by atoms with E-state index in [1.807, 2.05) is 109 Å². The second kappa shape index (κ2) is 17.5. The minimum Gasteiger partial charge on any atom is -0.450 e. The minimum absolute atomic E-state index is 0.229. The van der Waals surface area contributed by atoms with Gasteiger partial charge in [-0.15, -0.1) is 0 Å². The van der Waals surface area contributed by atoms with Crippen molar-refractivity contribution in [2.75, 3.05) is 13.2 Å². The van der Waals surface area contributed by atoms with E-state index in [1.165, 1.54) is 0 Å². The summed E-state index contributed by atoms with van der Waals surface area (Å²) >= 11 is 0. The highest BCUT2D eigenvalue weighted by Crippen LogP contribution is 2.32. The van der Waals surface area contributed by atoms with Crippen LogP contribution in [0.2, 0.25) is 25.7 Å². The fourth-order valence-electron chi connectivity index (χ4n) is 5.31. The quantitative estimate of drug-likeness (QED) is 0.0907. The number of hydrogen-bond acceptors (Lipinski definition) is 7. The number of hydrogen-bond donors (Lipinski definition) is 0. The second-order valence-corrected chi connectivity index (χ2v) is 18.6. The van der Waals surface area contributed by atoms with Crippen LogP contribution >= 0.6 is 0 Å². The first-order valence-electron chi connectivity index (χ1n) is 16.3. The van der Waals surface area contributed by atoms with E-state index >= 15 is 0 Å². The maximum Gasteiger partial charge on any atom is 0.338 e. The molecule has 1 fully saturated rings. The Bertz CT molecular complexity index is 1470. The van der Waals surface area contributed by atoms with Crippen LogP contribution in [0, 0.1) is 0 Å². The van der Waals surface area contributed by atoms with Crippen molar-refractivity contribution in [1.82, 2.24) is 0 Å². The molecule has 0 spiro atoms. The molecule has 4 aromatic carbocycles. The average molecular weight is 655 g/mol. The molecule has 0 aromatic heterocycles. The van der Waals surface area contributed by atoms with Crippen molar-refractivity contribution in [2.45, 2.75) is 76.2 Å². The fraction of sp³-hybridized carbons (Fsp3) is 0.359. The van der Waals surface area contributed by atoms with Crippen LogP contribution in [0.5, 0.6) is 0 Å². The molecular formula is C39H46O7Si. The molecule has 5 rings (SSSR count). The van der Waals surface area contributed by atoms with E-state index in [0.29, 0.717) is 25.4 Å². The van der Waals surface area contributed by atoms with Gasteiger partial charge in [0.2, 0.25) is 0 Å². The van der Waals surface area contributed by atoms with Gasteiger partial charge in [-0.3, -0.25) is 0 Å². The van der Waals surface area contributed by atoms with E-state index in [9.17, 15) is 4.79 Å². The van der Waals surface area contributed by atoms with Crippen molar-refractivity contribution in [2.24, 2.45) is 0 Å². The third kappa shape index (κ3) is 11.0. The first kappa shape index (κ1) is 34.7. The van der Waals surface area contributed by atoms with E-state index in [1.54, 1.807) is 12.1 Å². The molecule has 1 aliphatic heterocycles. The molecule has 4 aromatic rings. The van der Waals surface area contributed by atoms with Crippen molar-refractivity contribution in [3.05, 3.63) is 144 Å². The Kier molecular flexibility index (Phi) is 12.9. The number of esters is 1. The summed E-state index contributed by atoms with van der Waals surface area (Å²) in [5, 5.41) is 0. The summed E-state index contributed by atoms with van der Waals surface area (Å²) in [7, 11) is -1.43. The highest BCUT2D eigenvalue weighted by atomic mass is 28.3. The molecule has 5 atom stereocenters. The summed E-state index contributed by atoms with van der Waals surface area (Å²) in [5.74, 6) is -0.480. The van der Waals surface area contributed by atoms with E-state index in [0.717, 1.165) is 22.7 Å². The standard InChI is InChI=1S/C39H46O7Si/c1-47(2,3)25-24-42-39-37(46-38(40)33-22-14-7-15-23-33)36(44-28-32-20-12-6-13-21-32)35(43-27-31-18-10-5-11-19-31)34(45-39)29-41-26-30-16-8-4-9-17-30/h4-23,34-37,39H,24-29H2,1-3H3/t34?,35-,36?,37?,39-/m1/s1. The molecule has 3 unspecified atom stereocenters. The van der Waals surface area contributed by atoms with Gasteiger partial charge in [-0.1, -0.05) is 129 Å². The van der Waals surface area contributed by atoms with E-state index in [-0.39, 0.29) is 13.2 Å². The molecule has 0 N–H and O–H groups in total. The number of carbonyl (C=O) groups excluding carboxylic acids is 1. The van der Waals surface area contributed by atoms with Gasteiger partial charge < -0.3 is 28.4 Å². The van der Waals surface area contributed by atoms with Gasteiger partial charge in [0.1, 0.15) is 18.3 Å². The van der Waals surface area contributed by atoms with Gasteiger partial charge in [-0.2, -0.15) is 0 Å². The van der Waals surface area contributed by atoms with E-state index < -0.39 is 44.7 Å². The molecule has 1 heterocycles. The Morgan fingerprint density at radius 3 is 1.64 bits per heavy atom. The van der Waals surface area contributed by atoms with Gasteiger partial charge >= 0.3 is 5.97 Å². The van der Waals surface area contributed by atoms with E-state index in [4.69, 9.17) is 28.4 Å². The van der Waals surface area contributed by atoms with Crippen molar-refractivity contribution < 1.29 is 33.2 Å². The normalized spacial score (nSPS) is 21.3. The van der Waals surface area contributed by atoms with E-state index in [2.05, 4.69) is 19.6 Å². The maximum atomic E-state index is 13.6. The second-order valence-electron chi connectivity index (χ2n) is 13.0. The third-order valence-electron chi connectivity index (χ3n) is 7.94. The lowest BCUT2D eigenvalue weighted by Crippen LogP contribution is -2.62. The monoisotopic (exact) mass is 654 g/mol. The van der Waals surface area contributed by atoms with Crippen molar-refractivity contribution in [3.8, 4) is 0 Å². The molecule has 0 radical (unpaired) electrons. The highest BCUT2D eigenvalue weighted by molar-refractivity contribution is 6.76. The maximum absolute atomic E-state index is 13.6. The van der Waals surface area contributed by atoms with Gasteiger partial charge in [0, 0.05) is 14.7 Å². The molecule has 248 valence electrons. The number of ether oxygens (including phenoxy) is 6. The van der Waals surface area contributed by atoms with Gasteiger partial charge in [0.15, 0.2) is 12.4 Å². The first-order chi connectivity index (χ1) is 22.9. The third-order valence-corrected chi connectivity index (χ3v) is 9.65. The molecule has 0 amide bonds. The molecule has 1 aliphatic rings. The Labute approximate surface area is 279 Å². The van der Waals surface area contributed by atoms with Gasteiger partial charge in [0.25, 0.3) is 0 Å². The largest absolute Gasteiger partial charge is 0.450 e. The molecule has 8 heteroatoms. The van der Waals surface area contributed by atoms with Gasteiger partial charge in [-0.05, 0) is 34.9 Å². The summed E-state index contributed by atoms with van der Waals surface area (Å²) in [6.07, 6.45) is -3.71. The van der Waals surface area contributed by atoms with Crippen LogP contribution in [-0.2, 0) is 48.2 Å². The lowest BCUT2D eigenvalue weighted by atomic mass is 9.97. The summed E-state index contributed by atoms with van der Waals surface area (Å²) in [5.41, 5.74) is 3.48. The number of benzene rings is 4.